The van der Waals surface area contributed by atoms with E-state index in [1.807, 2.05) is 25.0 Å². The Morgan fingerprint density at radius 1 is 1.36 bits per heavy atom. The molecule has 6 nitrogen and oxygen atoms in total. The number of hydrogen-bond acceptors (Lipinski definition) is 3. The van der Waals surface area contributed by atoms with Gasteiger partial charge in [0.2, 0.25) is 0 Å². The summed E-state index contributed by atoms with van der Waals surface area (Å²) in [6.45, 7) is 13.1. The van der Waals surface area contributed by atoms with Crippen LogP contribution < -0.4 is 5.32 Å². The van der Waals surface area contributed by atoms with Crippen molar-refractivity contribution in [3.63, 3.8) is 0 Å². The van der Waals surface area contributed by atoms with Gasteiger partial charge in [0.05, 0.1) is 6.20 Å². The Bertz CT molecular complexity index is 531. The maximum atomic E-state index is 4.48. The van der Waals surface area contributed by atoms with E-state index in [0.717, 1.165) is 38.6 Å². The zero-order chi connectivity index (χ0) is 17.7. The quantitative estimate of drug-likeness (QED) is 0.401. The molecule has 0 saturated carbocycles. The van der Waals surface area contributed by atoms with Crippen LogP contribution in [-0.2, 0) is 7.05 Å². The third kappa shape index (κ3) is 6.13. The third-order valence-corrected chi connectivity index (χ3v) is 4.88. The van der Waals surface area contributed by atoms with Gasteiger partial charge in [-0.15, -0.1) is 24.0 Å². The monoisotopic (exact) mass is 462 g/mol. The third-order valence-electron chi connectivity index (χ3n) is 4.88. The largest absolute Gasteiger partial charge is 0.355 e. The molecule has 1 aromatic rings. The van der Waals surface area contributed by atoms with Crippen molar-refractivity contribution < 1.29 is 0 Å². The van der Waals surface area contributed by atoms with Gasteiger partial charge in [0.15, 0.2) is 5.96 Å². The highest BCUT2D eigenvalue weighted by atomic mass is 127. The highest BCUT2D eigenvalue weighted by molar-refractivity contribution is 14.0. The molecule has 0 aliphatic carbocycles. The van der Waals surface area contributed by atoms with Crippen molar-refractivity contribution in [1.29, 1.82) is 0 Å². The first-order valence-electron chi connectivity index (χ1n) is 9.12. The number of aromatic nitrogens is 2. The summed E-state index contributed by atoms with van der Waals surface area (Å²) in [6, 6.07) is 1.13. The average molecular weight is 462 g/mol. The number of likely N-dealkylation sites (tertiary alicyclic amines) is 1. The van der Waals surface area contributed by atoms with Gasteiger partial charge in [-0.05, 0) is 39.7 Å². The summed E-state index contributed by atoms with van der Waals surface area (Å²) in [4.78, 5) is 9.35. The number of hydrogen-bond donors (Lipinski definition) is 1. The molecule has 1 fully saturated rings. The summed E-state index contributed by atoms with van der Waals surface area (Å²) in [6.07, 6.45) is 5.29. The molecule has 144 valence electrons. The van der Waals surface area contributed by atoms with Crippen molar-refractivity contribution in [3.8, 4) is 0 Å². The Labute approximate surface area is 170 Å². The second kappa shape index (κ2) is 10.4. The Morgan fingerprint density at radius 2 is 2.04 bits per heavy atom. The number of aryl methyl sites for hydroxylation is 1. The Kier molecular flexibility index (Phi) is 9.20. The highest BCUT2D eigenvalue weighted by Crippen LogP contribution is 2.26. The Hall–Kier alpha value is -0.830. The van der Waals surface area contributed by atoms with Crippen molar-refractivity contribution in [3.05, 3.63) is 18.0 Å². The van der Waals surface area contributed by atoms with Gasteiger partial charge in [-0.25, -0.2) is 0 Å². The fourth-order valence-electron chi connectivity index (χ4n) is 3.62. The van der Waals surface area contributed by atoms with Gasteiger partial charge in [-0.1, -0.05) is 0 Å². The lowest BCUT2D eigenvalue weighted by Gasteiger charge is -2.31. The van der Waals surface area contributed by atoms with Crippen LogP contribution in [0.5, 0.6) is 0 Å². The van der Waals surface area contributed by atoms with E-state index in [1.54, 1.807) is 0 Å². The first-order valence-corrected chi connectivity index (χ1v) is 9.12. The molecule has 1 saturated heterocycles. The smallest absolute Gasteiger partial charge is 0.193 e. The summed E-state index contributed by atoms with van der Waals surface area (Å²) >= 11 is 0. The lowest BCUT2D eigenvalue weighted by Crippen LogP contribution is -2.46. The van der Waals surface area contributed by atoms with Crippen molar-refractivity contribution >= 4 is 29.9 Å². The van der Waals surface area contributed by atoms with Crippen LogP contribution in [0.25, 0.3) is 0 Å². The van der Waals surface area contributed by atoms with Crippen LogP contribution >= 0.6 is 24.0 Å². The van der Waals surface area contributed by atoms with E-state index < -0.39 is 0 Å². The molecule has 1 aliphatic heterocycles. The Morgan fingerprint density at radius 3 is 2.56 bits per heavy atom. The first kappa shape index (κ1) is 22.2. The summed E-state index contributed by atoms with van der Waals surface area (Å²) in [5.41, 5.74) is 1.33. The molecule has 1 unspecified atom stereocenters. The average Bonchev–Trinajstić information content (AvgIpc) is 3.15. The van der Waals surface area contributed by atoms with Crippen molar-refractivity contribution in [1.82, 2.24) is 24.9 Å². The number of nitrogens with one attached hydrogen (secondary N) is 1. The molecular weight excluding hydrogens is 427 g/mol. The zero-order valence-electron chi connectivity index (χ0n) is 16.6. The molecule has 1 aliphatic rings. The summed E-state index contributed by atoms with van der Waals surface area (Å²) < 4.78 is 1.89. The summed E-state index contributed by atoms with van der Waals surface area (Å²) in [7, 11) is 3.86. The number of aliphatic imine (C=N–C) groups is 1. The minimum absolute atomic E-state index is 0. The Balaban J connectivity index is 0.00000312. The molecule has 0 amide bonds. The molecule has 0 bridgehead atoms. The van der Waals surface area contributed by atoms with Crippen molar-refractivity contribution in [2.75, 3.05) is 33.2 Å². The normalized spacial score (nSPS) is 18.4. The van der Waals surface area contributed by atoms with Crippen LogP contribution in [0, 0.1) is 0 Å². The minimum atomic E-state index is 0. The molecule has 25 heavy (non-hydrogen) atoms. The first-order chi connectivity index (χ1) is 11.4. The van der Waals surface area contributed by atoms with E-state index in [0.29, 0.717) is 18.0 Å². The van der Waals surface area contributed by atoms with Crippen LogP contribution in [0.4, 0.5) is 0 Å². The van der Waals surface area contributed by atoms with E-state index in [9.17, 15) is 0 Å². The van der Waals surface area contributed by atoms with Gasteiger partial charge >= 0.3 is 0 Å². The molecule has 0 spiro atoms. The highest BCUT2D eigenvalue weighted by Gasteiger charge is 2.27. The molecule has 2 heterocycles. The summed E-state index contributed by atoms with van der Waals surface area (Å²) in [5, 5.41) is 7.84. The molecule has 0 aromatic carbocycles. The van der Waals surface area contributed by atoms with Gasteiger partial charge in [0, 0.05) is 64.5 Å². The number of guanidine groups is 1. The maximum absolute atomic E-state index is 4.48. The van der Waals surface area contributed by atoms with Crippen LogP contribution in [0.2, 0.25) is 0 Å². The fraction of sp³-hybridized carbons (Fsp3) is 0.778. The van der Waals surface area contributed by atoms with Gasteiger partial charge in [-0.3, -0.25) is 14.6 Å². The van der Waals surface area contributed by atoms with Gasteiger partial charge in [0.25, 0.3) is 0 Å². The van der Waals surface area contributed by atoms with Crippen LogP contribution in [0.15, 0.2) is 17.4 Å². The molecular formula is C18H35IN6. The second-order valence-electron chi connectivity index (χ2n) is 7.28. The van der Waals surface area contributed by atoms with Gasteiger partial charge in [-0.2, -0.15) is 5.10 Å². The number of rotatable bonds is 6. The van der Waals surface area contributed by atoms with Crippen LogP contribution in [0.1, 0.15) is 45.6 Å². The lowest BCUT2D eigenvalue weighted by atomic mass is 10.0. The van der Waals surface area contributed by atoms with E-state index in [4.69, 9.17) is 0 Å². The molecule has 0 radical (unpaired) electrons. The standard InChI is InChI=1S/C18H34N6.HI/c1-14(2)24(15(3)4)10-8-20-18(19-5)23-9-7-16(13-23)17-11-21-22(6)12-17;/h11-12,14-16H,7-10,13H2,1-6H3,(H,19,20);1H. The van der Waals surface area contributed by atoms with Gasteiger partial charge in [0.1, 0.15) is 0 Å². The molecule has 1 aromatic heterocycles. The lowest BCUT2D eigenvalue weighted by molar-refractivity contribution is 0.178. The van der Waals surface area contributed by atoms with E-state index in [-0.39, 0.29) is 24.0 Å². The maximum Gasteiger partial charge on any atom is 0.193 e. The van der Waals surface area contributed by atoms with E-state index in [2.05, 4.69) is 59.1 Å². The van der Waals surface area contributed by atoms with Crippen LogP contribution in [0.3, 0.4) is 0 Å². The number of nitrogens with zero attached hydrogens (tertiary/aromatic N) is 5. The van der Waals surface area contributed by atoms with Gasteiger partial charge < -0.3 is 10.2 Å². The molecule has 1 N–H and O–H groups in total. The number of halogens is 1. The van der Waals surface area contributed by atoms with E-state index in [1.165, 1.54) is 5.56 Å². The predicted octanol–water partition coefficient (Wildman–Crippen LogP) is 2.52. The topological polar surface area (TPSA) is 48.7 Å². The van der Waals surface area contributed by atoms with E-state index >= 15 is 0 Å². The minimum Gasteiger partial charge on any atom is -0.355 e. The molecule has 7 heteroatoms. The fourth-order valence-corrected chi connectivity index (χ4v) is 3.62. The van der Waals surface area contributed by atoms with Crippen molar-refractivity contribution in [2.45, 2.75) is 52.1 Å². The molecule has 2 rings (SSSR count). The predicted molar refractivity (Wildman–Crippen MR) is 116 cm³/mol. The second-order valence-corrected chi connectivity index (χ2v) is 7.28. The van der Waals surface area contributed by atoms with Crippen LogP contribution in [-0.4, -0.2) is 70.9 Å². The summed E-state index contributed by atoms with van der Waals surface area (Å²) in [5.74, 6) is 1.58. The SMILES string of the molecule is CN=C(NCCN(C(C)C)C(C)C)N1CCC(c2cnn(C)c2)C1.I. The van der Waals surface area contributed by atoms with Crippen molar-refractivity contribution in [2.24, 2.45) is 12.0 Å². The zero-order valence-corrected chi connectivity index (χ0v) is 18.9. The molecule has 1 atom stereocenters.